The predicted molar refractivity (Wildman–Crippen MR) is 84.6 cm³/mol. The van der Waals surface area contributed by atoms with Crippen LogP contribution < -0.4 is 10.2 Å². The van der Waals surface area contributed by atoms with Gasteiger partial charge in [-0.15, -0.1) is 0 Å². The lowest BCUT2D eigenvalue weighted by Gasteiger charge is -2.19. The maximum Gasteiger partial charge on any atom is 0.231 e. The van der Waals surface area contributed by atoms with Crippen molar-refractivity contribution < 1.29 is 5.11 Å². The van der Waals surface area contributed by atoms with Gasteiger partial charge in [0.1, 0.15) is 0 Å². The maximum absolute atomic E-state index is 9.16. The Balaban J connectivity index is 2.99. The van der Waals surface area contributed by atoms with Crippen molar-refractivity contribution in [3.8, 4) is 0 Å². The molecule has 1 heterocycles. The average Bonchev–Trinajstić information content (AvgIpc) is 2.46. The van der Waals surface area contributed by atoms with Crippen LogP contribution in [0.15, 0.2) is 5.16 Å². The van der Waals surface area contributed by atoms with Crippen LogP contribution in [0.3, 0.4) is 0 Å². The third-order valence-corrected chi connectivity index (χ3v) is 3.69. The molecule has 1 aromatic rings. The Morgan fingerprint density at radius 2 is 1.90 bits per heavy atom. The minimum absolute atomic E-state index is 0.0704. The summed E-state index contributed by atoms with van der Waals surface area (Å²) in [4.78, 5) is 15.4. The number of aromatic nitrogens is 3. The van der Waals surface area contributed by atoms with Crippen LogP contribution >= 0.6 is 11.8 Å². The van der Waals surface area contributed by atoms with E-state index < -0.39 is 0 Å². The van der Waals surface area contributed by atoms with Gasteiger partial charge in [-0.25, -0.2) is 0 Å². The van der Waals surface area contributed by atoms with Gasteiger partial charge in [0.15, 0.2) is 5.16 Å². The number of aliphatic hydroxyl groups is 1. The molecular formula is C13H25N5OS. The zero-order valence-corrected chi connectivity index (χ0v) is 13.6. The molecule has 1 atom stereocenters. The van der Waals surface area contributed by atoms with Crippen LogP contribution in [-0.2, 0) is 0 Å². The second kappa shape index (κ2) is 8.97. The maximum atomic E-state index is 9.16. The van der Waals surface area contributed by atoms with Crippen molar-refractivity contribution in [1.82, 2.24) is 15.0 Å². The van der Waals surface area contributed by atoms with E-state index in [1.54, 1.807) is 0 Å². The first-order valence-corrected chi connectivity index (χ1v) is 8.04. The zero-order chi connectivity index (χ0) is 15.0. The van der Waals surface area contributed by atoms with Crippen molar-refractivity contribution in [3.63, 3.8) is 0 Å². The van der Waals surface area contributed by atoms with Gasteiger partial charge in [0.2, 0.25) is 11.9 Å². The van der Waals surface area contributed by atoms with E-state index in [2.05, 4.69) is 45.9 Å². The van der Waals surface area contributed by atoms with E-state index in [0.29, 0.717) is 17.1 Å². The molecule has 0 spiro atoms. The lowest BCUT2D eigenvalue weighted by molar-refractivity contribution is 0.300. The molecular weight excluding hydrogens is 274 g/mol. The smallest absolute Gasteiger partial charge is 0.231 e. The summed E-state index contributed by atoms with van der Waals surface area (Å²) in [6, 6.07) is 0. The number of thioether (sulfide) groups is 1. The average molecular weight is 299 g/mol. The molecule has 7 heteroatoms. The van der Waals surface area contributed by atoms with Gasteiger partial charge >= 0.3 is 0 Å². The van der Waals surface area contributed by atoms with Crippen LogP contribution in [0, 0.1) is 0 Å². The Hall–Kier alpha value is -1.08. The summed E-state index contributed by atoms with van der Waals surface area (Å²) in [5, 5.41) is 13.1. The lowest BCUT2D eigenvalue weighted by atomic mass is 10.5. The van der Waals surface area contributed by atoms with E-state index in [9.17, 15) is 0 Å². The SMILES string of the molecule is CCCNc1nc(SC(C)CO)nc(N(CC)CC)n1. The second-order valence-corrected chi connectivity index (χ2v) is 5.86. The predicted octanol–water partition coefficient (Wildman–Crippen LogP) is 2.01. The van der Waals surface area contributed by atoms with Gasteiger partial charge < -0.3 is 15.3 Å². The molecule has 0 bridgehead atoms. The molecule has 114 valence electrons. The van der Waals surface area contributed by atoms with Crippen molar-refractivity contribution in [2.24, 2.45) is 0 Å². The molecule has 20 heavy (non-hydrogen) atoms. The molecule has 0 radical (unpaired) electrons. The highest BCUT2D eigenvalue weighted by molar-refractivity contribution is 7.99. The molecule has 0 aliphatic heterocycles. The molecule has 2 N–H and O–H groups in total. The topological polar surface area (TPSA) is 74.2 Å². The largest absolute Gasteiger partial charge is 0.395 e. The number of nitrogens with zero attached hydrogens (tertiary/aromatic N) is 4. The highest BCUT2D eigenvalue weighted by atomic mass is 32.2. The summed E-state index contributed by atoms with van der Waals surface area (Å²) in [6.45, 7) is 10.9. The number of aliphatic hydroxyl groups excluding tert-OH is 1. The third-order valence-electron chi connectivity index (χ3n) is 2.75. The number of anilines is 2. The molecule has 0 aliphatic carbocycles. The summed E-state index contributed by atoms with van der Waals surface area (Å²) in [5.41, 5.74) is 0. The monoisotopic (exact) mass is 299 g/mol. The standard InChI is InChI=1S/C13H25N5OS/c1-5-8-14-11-15-12(18(6-2)7-3)17-13(16-11)20-10(4)9-19/h10,19H,5-9H2,1-4H3,(H,14,15,16,17). The third kappa shape index (κ3) is 5.13. The van der Waals surface area contributed by atoms with Gasteiger partial charge in [0, 0.05) is 24.9 Å². The molecule has 1 aromatic heterocycles. The highest BCUT2D eigenvalue weighted by Gasteiger charge is 2.13. The lowest BCUT2D eigenvalue weighted by Crippen LogP contribution is -2.25. The van der Waals surface area contributed by atoms with Gasteiger partial charge in [-0.05, 0) is 20.3 Å². The molecule has 0 fully saturated rings. The first-order valence-electron chi connectivity index (χ1n) is 7.16. The molecule has 1 unspecified atom stereocenters. The van der Waals surface area contributed by atoms with Crippen molar-refractivity contribution >= 4 is 23.7 Å². The molecule has 0 amide bonds. The van der Waals surface area contributed by atoms with Crippen molar-refractivity contribution in [1.29, 1.82) is 0 Å². The Morgan fingerprint density at radius 3 is 2.45 bits per heavy atom. The fourth-order valence-corrected chi connectivity index (χ4v) is 2.29. The van der Waals surface area contributed by atoms with Gasteiger partial charge in [-0.1, -0.05) is 25.6 Å². The van der Waals surface area contributed by atoms with Crippen LogP contribution in [0.4, 0.5) is 11.9 Å². The van der Waals surface area contributed by atoms with E-state index in [1.807, 2.05) is 6.92 Å². The fourth-order valence-electron chi connectivity index (χ4n) is 1.58. The molecule has 0 saturated carbocycles. The van der Waals surface area contributed by atoms with Gasteiger partial charge in [-0.2, -0.15) is 15.0 Å². The van der Waals surface area contributed by atoms with Crippen LogP contribution in [0.5, 0.6) is 0 Å². The van der Waals surface area contributed by atoms with E-state index >= 15 is 0 Å². The van der Waals surface area contributed by atoms with Crippen LogP contribution in [0.2, 0.25) is 0 Å². The number of hydrogen-bond donors (Lipinski definition) is 2. The first-order chi connectivity index (χ1) is 9.64. The Labute approximate surface area is 125 Å². The van der Waals surface area contributed by atoms with Crippen molar-refractivity contribution in [2.45, 2.75) is 44.5 Å². The van der Waals surface area contributed by atoms with Crippen molar-refractivity contribution in [2.75, 3.05) is 36.5 Å². The summed E-state index contributed by atoms with van der Waals surface area (Å²) in [5.74, 6) is 1.30. The van der Waals surface area contributed by atoms with E-state index in [1.165, 1.54) is 11.8 Å². The summed E-state index contributed by atoms with van der Waals surface area (Å²) in [6.07, 6.45) is 1.02. The zero-order valence-electron chi connectivity index (χ0n) is 12.8. The number of hydrogen-bond acceptors (Lipinski definition) is 7. The summed E-state index contributed by atoms with van der Waals surface area (Å²) >= 11 is 1.46. The first kappa shape index (κ1) is 17.0. The Kier molecular flexibility index (Phi) is 7.61. The number of rotatable bonds is 9. The quantitative estimate of drug-likeness (QED) is 0.676. The van der Waals surface area contributed by atoms with E-state index in [0.717, 1.165) is 26.1 Å². The summed E-state index contributed by atoms with van der Waals surface area (Å²) in [7, 11) is 0. The Morgan fingerprint density at radius 1 is 1.20 bits per heavy atom. The molecule has 0 aromatic carbocycles. The van der Waals surface area contributed by atoms with Crippen LogP contribution in [-0.4, -0.2) is 51.5 Å². The minimum atomic E-state index is 0.0704. The van der Waals surface area contributed by atoms with E-state index in [4.69, 9.17) is 5.11 Å². The fraction of sp³-hybridized carbons (Fsp3) is 0.769. The van der Waals surface area contributed by atoms with Crippen LogP contribution in [0.25, 0.3) is 0 Å². The molecule has 1 rings (SSSR count). The second-order valence-electron chi connectivity index (χ2n) is 4.45. The Bertz CT molecular complexity index is 400. The van der Waals surface area contributed by atoms with Gasteiger partial charge in [-0.3, -0.25) is 0 Å². The minimum Gasteiger partial charge on any atom is -0.395 e. The highest BCUT2D eigenvalue weighted by Crippen LogP contribution is 2.22. The molecule has 0 saturated heterocycles. The van der Waals surface area contributed by atoms with Crippen LogP contribution in [0.1, 0.15) is 34.1 Å². The molecule has 6 nitrogen and oxygen atoms in total. The van der Waals surface area contributed by atoms with E-state index in [-0.39, 0.29) is 11.9 Å². The normalized spacial score (nSPS) is 12.2. The van der Waals surface area contributed by atoms with Gasteiger partial charge in [0.05, 0.1) is 6.61 Å². The number of nitrogens with one attached hydrogen (secondary N) is 1. The molecule has 0 aliphatic rings. The summed E-state index contributed by atoms with van der Waals surface area (Å²) < 4.78 is 0. The van der Waals surface area contributed by atoms with Crippen molar-refractivity contribution in [3.05, 3.63) is 0 Å². The van der Waals surface area contributed by atoms with Gasteiger partial charge in [0.25, 0.3) is 0 Å².